The zero-order valence-electron chi connectivity index (χ0n) is 11.1. The van der Waals surface area contributed by atoms with Crippen LogP contribution in [0.15, 0.2) is 42.6 Å². The molecule has 2 aromatic rings. The number of nitrogens with zero attached hydrogens (tertiary/aromatic N) is 2. The summed E-state index contributed by atoms with van der Waals surface area (Å²) < 4.78 is 2.03. The van der Waals surface area contributed by atoms with Gasteiger partial charge in [-0.15, -0.1) is 0 Å². The molecule has 2 rings (SSSR count). The zero-order valence-corrected chi connectivity index (χ0v) is 11.1. The Hall–Kier alpha value is -1.61. The average molecular weight is 243 g/mol. The lowest BCUT2D eigenvalue weighted by atomic mass is 10.0. The fourth-order valence-electron chi connectivity index (χ4n) is 2.11. The molecule has 1 unspecified atom stereocenters. The summed E-state index contributed by atoms with van der Waals surface area (Å²) in [5, 5.41) is 7.77. The van der Waals surface area contributed by atoms with Crippen LogP contribution in [0, 0.1) is 0 Å². The fourth-order valence-corrected chi connectivity index (χ4v) is 2.11. The van der Waals surface area contributed by atoms with Crippen LogP contribution in [0.3, 0.4) is 0 Å². The molecule has 1 heterocycles. The monoisotopic (exact) mass is 243 g/mol. The molecule has 0 fully saturated rings. The van der Waals surface area contributed by atoms with E-state index in [1.165, 1.54) is 11.3 Å². The lowest BCUT2D eigenvalue weighted by Crippen LogP contribution is -2.21. The predicted octanol–water partition coefficient (Wildman–Crippen LogP) is 2.80. The molecule has 0 aliphatic carbocycles. The molecule has 0 amide bonds. The summed E-state index contributed by atoms with van der Waals surface area (Å²) in [6, 6.07) is 12.7. The van der Waals surface area contributed by atoms with Crippen LogP contribution < -0.4 is 5.32 Å². The topological polar surface area (TPSA) is 29.9 Å². The Morgan fingerprint density at radius 2 is 2.00 bits per heavy atom. The second-order valence-corrected chi connectivity index (χ2v) is 4.58. The van der Waals surface area contributed by atoms with Gasteiger partial charge in [0.25, 0.3) is 0 Å². The van der Waals surface area contributed by atoms with Gasteiger partial charge in [0.1, 0.15) is 0 Å². The van der Waals surface area contributed by atoms with Crippen LogP contribution >= 0.6 is 0 Å². The van der Waals surface area contributed by atoms with Crippen molar-refractivity contribution in [2.75, 3.05) is 6.54 Å². The molecule has 0 bridgehead atoms. The minimum atomic E-state index is 0.532. The van der Waals surface area contributed by atoms with Crippen molar-refractivity contribution in [3.8, 4) is 0 Å². The van der Waals surface area contributed by atoms with Crippen LogP contribution in [-0.4, -0.2) is 16.3 Å². The van der Waals surface area contributed by atoms with Crippen LogP contribution in [0.25, 0.3) is 0 Å². The molecule has 18 heavy (non-hydrogen) atoms. The molecule has 1 N–H and O–H groups in total. The first kappa shape index (κ1) is 12.8. The normalized spacial score (nSPS) is 12.6. The lowest BCUT2D eigenvalue weighted by molar-refractivity contribution is 0.560. The first-order chi connectivity index (χ1) is 8.81. The van der Waals surface area contributed by atoms with Crippen molar-refractivity contribution in [2.24, 2.45) is 0 Å². The summed E-state index contributed by atoms with van der Waals surface area (Å²) in [7, 11) is 0. The Bertz CT molecular complexity index is 462. The van der Waals surface area contributed by atoms with Gasteiger partial charge in [-0.25, -0.2) is 0 Å². The van der Waals surface area contributed by atoms with Gasteiger partial charge in [0.2, 0.25) is 0 Å². The molecular formula is C15H21N3. The van der Waals surface area contributed by atoms with Crippen LogP contribution in [0.4, 0.5) is 0 Å². The van der Waals surface area contributed by atoms with E-state index in [1.54, 1.807) is 0 Å². The maximum absolute atomic E-state index is 4.27. The van der Waals surface area contributed by atoms with Crippen molar-refractivity contribution in [1.82, 2.24) is 15.1 Å². The molecule has 0 saturated carbocycles. The molecule has 1 aromatic heterocycles. The summed E-state index contributed by atoms with van der Waals surface area (Å²) >= 11 is 0. The molecule has 96 valence electrons. The van der Waals surface area contributed by atoms with Crippen LogP contribution in [0.2, 0.25) is 0 Å². The first-order valence-corrected chi connectivity index (χ1v) is 6.57. The van der Waals surface area contributed by atoms with E-state index in [9.17, 15) is 0 Å². The predicted molar refractivity (Wildman–Crippen MR) is 74.5 cm³/mol. The highest BCUT2D eigenvalue weighted by atomic mass is 15.3. The first-order valence-electron chi connectivity index (χ1n) is 6.57. The largest absolute Gasteiger partial charge is 0.311 e. The van der Waals surface area contributed by atoms with Gasteiger partial charge in [-0.2, -0.15) is 5.10 Å². The van der Waals surface area contributed by atoms with E-state index in [1.807, 2.05) is 10.9 Å². The summed E-state index contributed by atoms with van der Waals surface area (Å²) in [6.45, 7) is 7.16. The molecule has 3 heteroatoms. The third-order valence-corrected chi connectivity index (χ3v) is 3.23. The van der Waals surface area contributed by atoms with Crippen LogP contribution in [0.5, 0.6) is 0 Å². The molecule has 0 spiro atoms. The number of aryl methyl sites for hydroxylation is 1. The Morgan fingerprint density at radius 3 is 2.72 bits per heavy atom. The van der Waals surface area contributed by atoms with Crippen molar-refractivity contribution in [1.29, 1.82) is 0 Å². The summed E-state index contributed by atoms with van der Waals surface area (Å²) in [5.74, 6) is 0.532. The SMILES string of the molecule is CCn1nccc1CNCC(C)c1ccccc1. The van der Waals surface area contributed by atoms with Crippen molar-refractivity contribution in [3.63, 3.8) is 0 Å². The van der Waals surface area contributed by atoms with Crippen LogP contribution in [0.1, 0.15) is 31.0 Å². The highest BCUT2D eigenvalue weighted by molar-refractivity contribution is 5.19. The van der Waals surface area contributed by atoms with Gasteiger partial charge >= 0.3 is 0 Å². The summed E-state index contributed by atoms with van der Waals surface area (Å²) in [6.07, 6.45) is 1.86. The standard InChI is InChI=1S/C15H21N3/c1-3-18-15(9-10-17-18)12-16-11-13(2)14-7-5-4-6-8-14/h4-10,13,16H,3,11-12H2,1-2H3. The number of nitrogens with one attached hydrogen (secondary N) is 1. The minimum absolute atomic E-state index is 0.532. The molecule has 0 aliphatic rings. The molecule has 3 nitrogen and oxygen atoms in total. The molecule has 0 saturated heterocycles. The van der Waals surface area contributed by atoms with Gasteiger partial charge in [-0.3, -0.25) is 4.68 Å². The second kappa shape index (κ2) is 6.36. The van der Waals surface area contributed by atoms with Crippen molar-refractivity contribution in [3.05, 3.63) is 53.9 Å². The second-order valence-electron chi connectivity index (χ2n) is 4.58. The van der Waals surface area contributed by atoms with E-state index in [0.29, 0.717) is 5.92 Å². The van der Waals surface area contributed by atoms with Crippen molar-refractivity contribution >= 4 is 0 Å². The van der Waals surface area contributed by atoms with Gasteiger partial charge in [0.05, 0.1) is 5.69 Å². The number of benzene rings is 1. The van der Waals surface area contributed by atoms with Gasteiger partial charge < -0.3 is 5.32 Å². The summed E-state index contributed by atoms with van der Waals surface area (Å²) in [4.78, 5) is 0. The molecule has 0 aliphatic heterocycles. The summed E-state index contributed by atoms with van der Waals surface area (Å²) in [5.41, 5.74) is 2.63. The Labute approximate surface area is 109 Å². The van der Waals surface area contributed by atoms with E-state index < -0.39 is 0 Å². The lowest BCUT2D eigenvalue weighted by Gasteiger charge is -2.13. The van der Waals surface area contributed by atoms with Crippen molar-refractivity contribution < 1.29 is 0 Å². The smallest absolute Gasteiger partial charge is 0.0521 e. The molecule has 1 atom stereocenters. The van der Waals surface area contributed by atoms with E-state index in [-0.39, 0.29) is 0 Å². The molecule has 0 radical (unpaired) electrons. The van der Waals surface area contributed by atoms with Gasteiger partial charge in [0.15, 0.2) is 0 Å². The number of hydrogen-bond donors (Lipinski definition) is 1. The third kappa shape index (κ3) is 3.20. The van der Waals surface area contributed by atoms with E-state index in [0.717, 1.165) is 19.6 Å². The van der Waals surface area contributed by atoms with Gasteiger partial charge in [-0.1, -0.05) is 37.3 Å². The Balaban J connectivity index is 1.82. The Morgan fingerprint density at radius 1 is 1.22 bits per heavy atom. The molecular weight excluding hydrogens is 222 g/mol. The van der Waals surface area contributed by atoms with Crippen molar-refractivity contribution in [2.45, 2.75) is 32.9 Å². The molecule has 1 aromatic carbocycles. The van der Waals surface area contributed by atoms with E-state index >= 15 is 0 Å². The minimum Gasteiger partial charge on any atom is -0.311 e. The van der Waals surface area contributed by atoms with E-state index in [4.69, 9.17) is 0 Å². The maximum atomic E-state index is 4.27. The Kier molecular flexibility index (Phi) is 4.53. The van der Waals surface area contributed by atoms with Gasteiger partial charge in [-0.05, 0) is 24.5 Å². The van der Waals surface area contributed by atoms with E-state index in [2.05, 4.69) is 60.7 Å². The number of aromatic nitrogens is 2. The fraction of sp³-hybridized carbons (Fsp3) is 0.400. The zero-order chi connectivity index (χ0) is 12.8. The average Bonchev–Trinajstić information content (AvgIpc) is 2.87. The number of hydrogen-bond acceptors (Lipinski definition) is 2. The third-order valence-electron chi connectivity index (χ3n) is 3.23. The highest BCUT2D eigenvalue weighted by Gasteiger charge is 2.05. The quantitative estimate of drug-likeness (QED) is 0.845. The van der Waals surface area contributed by atoms with Gasteiger partial charge in [0, 0.05) is 25.8 Å². The highest BCUT2D eigenvalue weighted by Crippen LogP contribution is 2.13. The number of rotatable bonds is 6. The maximum Gasteiger partial charge on any atom is 0.0521 e. The van der Waals surface area contributed by atoms with Crippen LogP contribution in [-0.2, 0) is 13.1 Å².